The molecule has 0 spiro atoms. The maximum atomic E-state index is 12.8. The molecule has 2 aromatic carbocycles. The molecule has 8 nitrogen and oxygen atoms in total. The van der Waals surface area contributed by atoms with Crippen molar-refractivity contribution >= 4 is 17.8 Å². The van der Waals surface area contributed by atoms with Gasteiger partial charge in [0.05, 0.1) is 12.7 Å². The van der Waals surface area contributed by atoms with Crippen molar-refractivity contribution in [1.82, 2.24) is 20.5 Å². The van der Waals surface area contributed by atoms with Crippen molar-refractivity contribution < 1.29 is 14.3 Å². The predicted octanol–water partition coefficient (Wildman–Crippen LogP) is 3.18. The molecule has 3 rings (SSSR count). The second kappa shape index (κ2) is 9.21. The van der Waals surface area contributed by atoms with E-state index in [0.29, 0.717) is 17.1 Å². The van der Waals surface area contributed by atoms with Gasteiger partial charge in [-0.05, 0) is 37.1 Å². The number of nitrogens with zero attached hydrogens (tertiary/aromatic N) is 2. The van der Waals surface area contributed by atoms with Gasteiger partial charge in [-0.3, -0.25) is 20.0 Å². The molecule has 3 aromatic rings. The largest absolute Gasteiger partial charge is 0.496 e. The predicted molar refractivity (Wildman–Crippen MR) is 114 cm³/mol. The van der Waals surface area contributed by atoms with Crippen molar-refractivity contribution in [1.29, 1.82) is 0 Å². The first-order chi connectivity index (χ1) is 14.4. The number of aromatic amines is 1. The van der Waals surface area contributed by atoms with E-state index in [1.165, 1.54) is 0 Å². The highest BCUT2D eigenvalue weighted by Gasteiger charge is 2.26. The van der Waals surface area contributed by atoms with Crippen molar-refractivity contribution in [3.8, 4) is 17.1 Å². The van der Waals surface area contributed by atoms with E-state index in [4.69, 9.17) is 4.74 Å². The van der Waals surface area contributed by atoms with Gasteiger partial charge >= 0.3 is 0 Å². The zero-order valence-electron chi connectivity index (χ0n) is 17.4. The molecule has 30 heavy (non-hydrogen) atoms. The van der Waals surface area contributed by atoms with Crippen LogP contribution in [-0.4, -0.2) is 40.1 Å². The number of aryl methyl sites for hydroxylation is 1. The summed E-state index contributed by atoms with van der Waals surface area (Å²) in [5.41, 5.74) is 2.20. The minimum absolute atomic E-state index is 0.122. The number of H-pyrrole nitrogens is 1. The van der Waals surface area contributed by atoms with Gasteiger partial charge in [0, 0.05) is 5.56 Å². The molecule has 1 heterocycles. The normalized spacial score (nSPS) is 11.8. The van der Waals surface area contributed by atoms with Crippen molar-refractivity contribution in [3.63, 3.8) is 0 Å². The Morgan fingerprint density at radius 1 is 1.10 bits per heavy atom. The number of anilines is 1. The van der Waals surface area contributed by atoms with Crippen LogP contribution in [0.4, 0.5) is 5.95 Å². The van der Waals surface area contributed by atoms with Gasteiger partial charge in [0.2, 0.25) is 11.9 Å². The molecule has 1 unspecified atom stereocenters. The van der Waals surface area contributed by atoms with Gasteiger partial charge in [-0.15, -0.1) is 5.10 Å². The summed E-state index contributed by atoms with van der Waals surface area (Å²) in [5, 5.41) is 12.3. The van der Waals surface area contributed by atoms with Gasteiger partial charge < -0.3 is 10.1 Å². The zero-order valence-corrected chi connectivity index (χ0v) is 17.4. The van der Waals surface area contributed by atoms with Crippen LogP contribution in [0.25, 0.3) is 11.4 Å². The Kier molecular flexibility index (Phi) is 6.46. The molecule has 0 aliphatic carbocycles. The van der Waals surface area contributed by atoms with E-state index in [1.807, 2.05) is 57.2 Å². The van der Waals surface area contributed by atoms with E-state index in [0.717, 1.165) is 11.1 Å². The summed E-state index contributed by atoms with van der Waals surface area (Å²) in [4.78, 5) is 29.7. The number of amides is 2. The third-order valence-corrected chi connectivity index (χ3v) is 4.60. The second-order valence-electron chi connectivity index (χ2n) is 7.26. The summed E-state index contributed by atoms with van der Waals surface area (Å²) >= 11 is 0. The number of para-hydroxylation sites is 1. The van der Waals surface area contributed by atoms with Crippen LogP contribution in [0.2, 0.25) is 0 Å². The SMILES string of the molecule is COc1ccccc1-c1nc(NC(=O)C(NC(=O)c2cccc(C)c2)C(C)C)n[nH]1. The lowest BCUT2D eigenvalue weighted by Gasteiger charge is -2.21. The minimum atomic E-state index is -0.744. The smallest absolute Gasteiger partial charge is 0.251 e. The lowest BCUT2D eigenvalue weighted by molar-refractivity contribution is -0.118. The zero-order chi connectivity index (χ0) is 21.7. The molecule has 0 saturated carbocycles. The van der Waals surface area contributed by atoms with Gasteiger partial charge in [-0.25, -0.2) is 0 Å². The van der Waals surface area contributed by atoms with Crippen molar-refractivity contribution in [3.05, 3.63) is 59.7 Å². The van der Waals surface area contributed by atoms with Gasteiger partial charge in [0.1, 0.15) is 11.8 Å². The Morgan fingerprint density at radius 2 is 1.87 bits per heavy atom. The number of methoxy groups -OCH3 is 1. The average Bonchev–Trinajstić information content (AvgIpc) is 3.19. The van der Waals surface area contributed by atoms with Crippen LogP contribution in [0, 0.1) is 12.8 Å². The summed E-state index contributed by atoms with van der Waals surface area (Å²) in [6.07, 6.45) is 0. The molecular weight excluding hydrogens is 382 g/mol. The van der Waals surface area contributed by atoms with Crippen molar-refractivity contribution in [2.45, 2.75) is 26.8 Å². The van der Waals surface area contributed by atoms with E-state index in [2.05, 4.69) is 25.8 Å². The van der Waals surface area contributed by atoms with E-state index < -0.39 is 11.9 Å². The topological polar surface area (TPSA) is 109 Å². The Labute approximate surface area is 175 Å². The Hall–Kier alpha value is -3.68. The number of hydrogen-bond donors (Lipinski definition) is 3. The second-order valence-corrected chi connectivity index (χ2v) is 7.26. The first kappa shape index (κ1) is 21.0. The number of benzene rings is 2. The van der Waals surface area contributed by atoms with Crippen LogP contribution in [0.3, 0.4) is 0 Å². The van der Waals surface area contributed by atoms with Gasteiger partial charge in [-0.2, -0.15) is 4.98 Å². The number of carbonyl (C=O) groups is 2. The molecule has 3 N–H and O–H groups in total. The molecule has 0 radical (unpaired) electrons. The lowest BCUT2D eigenvalue weighted by atomic mass is 10.0. The summed E-state index contributed by atoms with van der Waals surface area (Å²) in [6.45, 7) is 5.63. The summed E-state index contributed by atoms with van der Waals surface area (Å²) in [6, 6.07) is 13.8. The molecule has 0 aliphatic rings. The first-order valence-corrected chi connectivity index (χ1v) is 9.63. The van der Waals surface area contributed by atoms with Crippen LogP contribution in [0.5, 0.6) is 5.75 Å². The average molecular weight is 407 g/mol. The van der Waals surface area contributed by atoms with E-state index >= 15 is 0 Å². The van der Waals surface area contributed by atoms with Crippen molar-refractivity contribution in [2.75, 3.05) is 12.4 Å². The Morgan fingerprint density at radius 3 is 2.57 bits per heavy atom. The highest BCUT2D eigenvalue weighted by molar-refractivity contribution is 6.00. The highest BCUT2D eigenvalue weighted by atomic mass is 16.5. The van der Waals surface area contributed by atoms with E-state index in [-0.39, 0.29) is 17.8 Å². The molecule has 0 fully saturated rings. The molecule has 8 heteroatoms. The van der Waals surface area contributed by atoms with Crippen molar-refractivity contribution in [2.24, 2.45) is 5.92 Å². The third-order valence-electron chi connectivity index (χ3n) is 4.60. The number of aromatic nitrogens is 3. The van der Waals surface area contributed by atoms with Crippen LogP contribution in [0.15, 0.2) is 48.5 Å². The fourth-order valence-corrected chi connectivity index (χ4v) is 3.01. The molecule has 1 aromatic heterocycles. The Bertz CT molecular complexity index is 1040. The lowest BCUT2D eigenvalue weighted by Crippen LogP contribution is -2.47. The monoisotopic (exact) mass is 407 g/mol. The maximum Gasteiger partial charge on any atom is 0.251 e. The van der Waals surface area contributed by atoms with Crippen LogP contribution >= 0.6 is 0 Å². The number of nitrogens with one attached hydrogen (secondary N) is 3. The fraction of sp³-hybridized carbons (Fsp3) is 0.273. The van der Waals surface area contributed by atoms with Gasteiger partial charge in [0.25, 0.3) is 5.91 Å². The standard InChI is InChI=1S/C22H25N5O3/c1-13(2)18(23-20(28)15-9-7-8-14(3)12-15)21(29)25-22-24-19(26-27-22)16-10-5-6-11-17(16)30-4/h5-13,18H,1-4H3,(H,23,28)(H2,24,25,26,27,29). The third kappa shape index (κ3) is 4.83. The quantitative estimate of drug-likeness (QED) is 0.557. The minimum Gasteiger partial charge on any atom is -0.496 e. The van der Waals surface area contributed by atoms with Crippen LogP contribution < -0.4 is 15.4 Å². The first-order valence-electron chi connectivity index (χ1n) is 9.63. The van der Waals surface area contributed by atoms with Gasteiger partial charge in [0.15, 0.2) is 5.82 Å². The number of rotatable bonds is 7. The number of hydrogen-bond acceptors (Lipinski definition) is 5. The summed E-state index contributed by atoms with van der Waals surface area (Å²) < 4.78 is 5.33. The van der Waals surface area contributed by atoms with Crippen LogP contribution in [-0.2, 0) is 4.79 Å². The summed E-state index contributed by atoms with van der Waals surface area (Å²) in [7, 11) is 1.57. The van der Waals surface area contributed by atoms with E-state index in [1.54, 1.807) is 19.2 Å². The van der Waals surface area contributed by atoms with Crippen LogP contribution in [0.1, 0.15) is 29.8 Å². The highest BCUT2D eigenvalue weighted by Crippen LogP contribution is 2.27. The molecule has 0 bridgehead atoms. The Balaban J connectivity index is 1.73. The maximum absolute atomic E-state index is 12.8. The molecule has 0 aliphatic heterocycles. The fourth-order valence-electron chi connectivity index (χ4n) is 3.01. The molecule has 156 valence electrons. The van der Waals surface area contributed by atoms with Gasteiger partial charge in [-0.1, -0.05) is 43.7 Å². The summed E-state index contributed by atoms with van der Waals surface area (Å²) in [5.74, 6) is 0.390. The molecule has 1 atom stereocenters. The molecular formula is C22H25N5O3. The number of carbonyl (C=O) groups excluding carboxylic acids is 2. The van der Waals surface area contributed by atoms with E-state index in [9.17, 15) is 9.59 Å². The number of ether oxygens (including phenoxy) is 1. The molecule has 2 amide bonds. The molecule has 0 saturated heterocycles.